The third-order valence-electron chi connectivity index (χ3n) is 15.3. The molecular formula is C81H169F21. The van der Waals surface area contributed by atoms with Gasteiger partial charge >= 0.3 is 30.9 Å². The predicted molar refractivity (Wildman–Crippen MR) is 406 cm³/mol. The standard InChI is InChI=1S/2C8H17F.C7H13F3.C7H12F2.C7H15F.C6H8F6.C6H13F.C5H9F3.2C5H12.C4H7F3.2C4H10.C3H8.C2H6/c1-6(2)8(5,9)7(3)4;1-4-6-8(3,9)7-5-2;1-4-6(2,3)5-7(8,9)10;1-6-2-4-7(8,9)5-3-6;1-5-7(4,8)6(2)3;1-2-3-4(5(7,8)9)6(10,11)12;1-4-6(3,7)5-2;1-3-4(2)5(6,7)8;1-5(2,3)4;1-4-5(2)3;1-3(2)4(5,6)7;1-4(2)3;1-3-4-2;1-3-2;1-2/h6-7H,1-5H3;4-7H2,1-3H3;4-5H2,1-3H3;6H,2-5H2,1H3;6H,5H2,1-4H3;4H,2-3H2,1H3;4-5H2,1-3H3;4H,3H2,1-2H3;1-4H3;5H,4H2,1-3H3;3H,1-2H3;4H,1-3H3;3-4H2,1-2H3;3H2,1-2H3;1-2H3/t;;;;7-;;;;;;;;;;/m....0........../s1. The lowest BCUT2D eigenvalue weighted by Gasteiger charge is -2.28. The molecule has 1 aliphatic carbocycles. The van der Waals surface area contributed by atoms with Gasteiger partial charge in [0.05, 0.1) is 5.92 Å². The molecule has 1 fully saturated rings. The molecule has 1 aliphatic rings. The molecule has 0 aromatic rings. The summed E-state index contributed by atoms with van der Waals surface area (Å²) < 4.78 is 250. The van der Waals surface area contributed by atoms with E-state index in [9.17, 15) is 92.2 Å². The third-order valence-corrected chi connectivity index (χ3v) is 15.3. The average Bonchev–Trinajstić information content (AvgIpc) is 0.842. The van der Waals surface area contributed by atoms with Crippen molar-refractivity contribution >= 4 is 0 Å². The summed E-state index contributed by atoms with van der Waals surface area (Å²) in [6.45, 7) is 75.6. The topological polar surface area (TPSA) is 0 Å². The van der Waals surface area contributed by atoms with Crippen LogP contribution in [0.3, 0.4) is 0 Å². The second kappa shape index (κ2) is 70.0. The van der Waals surface area contributed by atoms with E-state index in [0.29, 0.717) is 62.7 Å². The number of halogens is 21. The van der Waals surface area contributed by atoms with Crippen LogP contribution in [0.25, 0.3) is 0 Å². The molecule has 0 amide bonds. The van der Waals surface area contributed by atoms with E-state index in [-0.39, 0.29) is 43.4 Å². The molecule has 0 aliphatic heterocycles. The van der Waals surface area contributed by atoms with Crippen molar-refractivity contribution in [2.45, 2.75) is 465 Å². The van der Waals surface area contributed by atoms with Crippen LogP contribution in [-0.2, 0) is 0 Å². The summed E-state index contributed by atoms with van der Waals surface area (Å²) in [6.07, 6.45) is -11.3. The highest BCUT2D eigenvalue weighted by atomic mass is 19.4. The molecule has 2 atom stereocenters. The van der Waals surface area contributed by atoms with Gasteiger partial charge in [-0.1, -0.05) is 301 Å². The number of rotatable bonds is 17. The maximum Gasteiger partial charge on any atom is 0.400 e. The summed E-state index contributed by atoms with van der Waals surface area (Å²) in [5, 5.41) is 0. The number of hydrogen-bond donors (Lipinski definition) is 0. The first-order valence-corrected chi connectivity index (χ1v) is 38.4. The van der Waals surface area contributed by atoms with Gasteiger partial charge in [-0.2, -0.15) is 65.9 Å². The molecule has 0 spiro atoms. The van der Waals surface area contributed by atoms with Crippen molar-refractivity contribution in [2.24, 2.45) is 64.1 Å². The average molecular weight is 1540 g/mol. The zero-order valence-corrected chi connectivity index (χ0v) is 73.3. The van der Waals surface area contributed by atoms with E-state index < -0.39 is 95.5 Å². The van der Waals surface area contributed by atoms with Gasteiger partial charge < -0.3 is 0 Å². The van der Waals surface area contributed by atoms with E-state index in [0.717, 1.165) is 38.5 Å². The lowest BCUT2D eigenvalue weighted by molar-refractivity contribution is -0.285. The van der Waals surface area contributed by atoms with Crippen LogP contribution in [0.15, 0.2) is 0 Å². The number of unbranched alkanes of at least 4 members (excludes halogenated alkanes) is 1. The Morgan fingerprint density at radius 2 is 0.647 bits per heavy atom. The van der Waals surface area contributed by atoms with Crippen molar-refractivity contribution < 1.29 is 92.2 Å². The highest BCUT2D eigenvalue weighted by Gasteiger charge is 2.55. The van der Waals surface area contributed by atoms with E-state index in [2.05, 4.69) is 96.9 Å². The third kappa shape index (κ3) is 125. The molecule has 0 N–H and O–H groups in total. The maximum absolute atomic E-state index is 13.3. The van der Waals surface area contributed by atoms with Gasteiger partial charge in [0.15, 0.2) is 5.92 Å². The van der Waals surface area contributed by atoms with E-state index >= 15 is 0 Å². The molecule has 0 aromatic heterocycles. The molecular weight excluding hydrogens is 1370 g/mol. The van der Waals surface area contributed by atoms with Crippen molar-refractivity contribution in [1.82, 2.24) is 0 Å². The van der Waals surface area contributed by atoms with Crippen LogP contribution >= 0.6 is 0 Å². The Bertz CT molecular complexity index is 1560. The summed E-state index contributed by atoms with van der Waals surface area (Å²) in [6, 6.07) is 0. The van der Waals surface area contributed by atoms with E-state index in [1.54, 1.807) is 48.5 Å². The van der Waals surface area contributed by atoms with Crippen LogP contribution in [0.2, 0.25) is 0 Å². The van der Waals surface area contributed by atoms with E-state index in [4.69, 9.17) is 0 Å². The fraction of sp³-hybridized carbons (Fsp3) is 1.00. The summed E-state index contributed by atoms with van der Waals surface area (Å²) in [7, 11) is 0. The van der Waals surface area contributed by atoms with Gasteiger partial charge in [0.2, 0.25) is 5.92 Å². The molecule has 1 rings (SSSR count). The molecule has 21 heteroatoms. The van der Waals surface area contributed by atoms with Gasteiger partial charge in [-0.15, -0.1) is 0 Å². The van der Waals surface area contributed by atoms with Crippen molar-refractivity contribution in [3.63, 3.8) is 0 Å². The first-order chi connectivity index (χ1) is 45.0. The van der Waals surface area contributed by atoms with Crippen LogP contribution < -0.4 is 0 Å². The molecule has 0 radical (unpaired) electrons. The zero-order chi connectivity index (χ0) is 86.3. The second-order valence-electron chi connectivity index (χ2n) is 31.8. The van der Waals surface area contributed by atoms with Crippen molar-refractivity contribution in [3.05, 3.63) is 0 Å². The molecule has 102 heavy (non-hydrogen) atoms. The quantitative estimate of drug-likeness (QED) is 0.127. The predicted octanol–water partition coefficient (Wildman–Crippen LogP) is 36.2. The van der Waals surface area contributed by atoms with Crippen LogP contribution in [0.1, 0.15) is 405 Å². The Labute approximate surface area is 618 Å². The normalized spacial score (nSPS) is 14.1. The van der Waals surface area contributed by atoms with Gasteiger partial charge in [-0.05, 0) is 132 Å². The van der Waals surface area contributed by atoms with Gasteiger partial charge in [-0.25, -0.2) is 26.3 Å². The minimum Gasteiger partial charge on any atom is -0.244 e. The fourth-order valence-electron chi connectivity index (χ4n) is 5.38. The monoisotopic (exact) mass is 1540 g/mol. The number of alkyl halides is 21. The highest BCUT2D eigenvalue weighted by Crippen LogP contribution is 2.42. The highest BCUT2D eigenvalue weighted by molar-refractivity contribution is 4.80. The van der Waals surface area contributed by atoms with Crippen molar-refractivity contribution in [1.29, 1.82) is 0 Å². The van der Waals surface area contributed by atoms with Crippen LogP contribution in [0.4, 0.5) is 92.2 Å². The molecule has 0 saturated heterocycles. The molecule has 0 aromatic carbocycles. The summed E-state index contributed by atoms with van der Waals surface area (Å²) in [5.41, 5.74) is -3.87. The molecule has 1 saturated carbocycles. The van der Waals surface area contributed by atoms with Crippen molar-refractivity contribution in [2.75, 3.05) is 0 Å². The summed E-state index contributed by atoms with van der Waals surface area (Å²) in [4.78, 5) is 0. The first-order valence-electron chi connectivity index (χ1n) is 38.4. The Hall–Kier alpha value is -1.47. The van der Waals surface area contributed by atoms with Gasteiger partial charge in [0.1, 0.15) is 22.7 Å². The SMILES string of the molecule is CC.CC(C)(C)C.CC(C)C.CC(C)C(C)(F)C(C)C.CC(C)C(F)(F)F.CC1CCC(F)(F)CC1.CCC.CCC(C)(C)CC(F)(F)F.CCC(C)(F)CC.CCC(C)C.CCC(C)C(F)(F)F.CCCC.CCCC(C(F)(F)F)C(F)(F)F.CCCC(C)(F)CCC.CC[C@](C)(F)C(C)C. The van der Waals surface area contributed by atoms with E-state index in [1.807, 2.05) is 96.9 Å². The Morgan fingerprint density at radius 1 is 0.373 bits per heavy atom. The molecule has 640 valence electrons. The maximum atomic E-state index is 13.3. The van der Waals surface area contributed by atoms with Gasteiger partial charge in [-0.3, -0.25) is 0 Å². The molecule has 0 heterocycles. The zero-order valence-electron chi connectivity index (χ0n) is 73.3. The Morgan fingerprint density at radius 3 is 0.716 bits per heavy atom. The summed E-state index contributed by atoms with van der Waals surface area (Å²) in [5.74, 6) is -5.24. The molecule has 1 unspecified atom stereocenters. The lowest BCUT2D eigenvalue weighted by Crippen LogP contribution is -2.36. The fourth-order valence-corrected chi connectivity index (χ4v) is 5.38. The molecule has 0 bridgehead atoms. The minimum absolute atomic E-state index is 0.105. The Kier molecular flexibility index (Phi) is 91.2. The first kappa shape index (κ1) is 133. The van der Waals surface area contributed by atoms with Crippen LogP contribution in [0, 0.1) is 64.1 Å². The molecule has 0 nitrogen and oxygen atoms in total. The van der Waals surface area contributed by atoms with Crippen LogP contribution in [-0.4, -0.2) is 59.5 Å². The Balaban J connectivity index is -0.0000000688. The van der Waals surface area contributed by atoms with Crippen LogP contribution in [0.5, 0.6) is 0 Å². The second-order valence-corrected chi connectivity index (χ2v) is 31.8. The lowest BCUT2D eigenvalue weighted by atomic mass is 9.84. The minimum atomic E-state index is -5.17. The largest absolute Gasteiger partial charge is 0.400 e. The number of hydrogen-bond acceptors (Lipinski definition) is 0. The smallest absolute Gasteiger partial charge is 0.244 e. The van der Waals surface area contributed by atoms with E-state index in [1.165, 1.54) is 46.5 Å². The van der Waals surface area contributed by atoms with Gasteiger partial charge in [0, 0.05) is 25.2 Å². The summed E-state index contributed by atoms with van der Waals surface area (Å²) >= 11 is 0. The van der Waals surface area contributed by atoms with Crippen molar-refractivity contribution in [3.8, 4) is 0 Å². The van der Waals surface area contributed by atoms with Gasteiger partial charge in [0.25, 0.3) is 0 Å².